The van der Waals surface area contributed by atoms with Crippen LogP contribution in [-0.4, -0.2) is 16.8 Å². The quantitative estimate of drug-likeness (QED) is 0.880. The second kappa shape index (κ2) is 7.00. The lowest BCUT2D eigenvalue weighted by Gasteiger charge is -2.17. The van der Waals surface area contributed by atoms with Crippen LogP contribution in [0.1, 0.15) is 17.2 Å². The van der Waals surface area contributed by atoms with Crippen molar-refractivity contribution in [1.82, 2.24) is 0 Å². The van der Waals surface area contributed by atoms with Crippen molar-refractivity contribution in [3.63, 3.8) is 0 Å². The molecule has 98 valence electrons. The van der Waals surface area contributed by atoms with Crippen LogP contribution >= 0.6 is 11.8 Å². The maximum atomic E-state index is 10.8. The Kier molecular flexibility index (Phi) is 5.04. The van der Waals surface area contributed by atoms with Gasteiger partial charge in [-0.1, -0.05) is 60.7 Å². The van der Waals surface area contributed by atoms with E-state index in [2.05, 4.69) is 24.3 Å². The summed E-state index contributed by atoms with van der Waals surface area (Å²) < 4.78 is 0. The molecule has 1 aromatic rings. The number of rotatable bonds is 5. The van der Waals surface area contributed by atoms with E-state index in [4.69, 9.17) is 5.11 Å². The molecule has 0 heterocycles. The number of benzene rings is 1. The molecule has 0 spiro atoms. The third-order valence-electron chi connectivity index (χ3n) is 2.79. The maximum absolute atomic E-state index is 10.8. The zero-order chi connectivity index (χ0) is 13.5. The molecule has 2 nitrogen and oxygen atoms in total. The van der Waals surface area contributed by atoms with Crippen molar-refractivity contribution in [2.75, 3.05) is 5.75 Å². The van der Waals surface area contributed by atoms with Gasteiger partial charge in [0.05, 0.1) is 11.0 Å². The zero-order valence-electron chi connectivity index (χ0n) is 10.5. The molecule has 0 aliphatic heterocycles. The highest BCUT2D eigenvalue weighted by Crippen LogP contribution is 2.36. The van der Waals surface area contributed by atoms with Gasteiger partial charge in [0.25, 0.3) is 0 Å². The van der Waals surface area contributed by atoms with Crippen LogP contribution in [-0.2, 0) is 4.79 Å². The van der Waals surface area contributed by atoms with Crippen LogP contribution in [0.4, 0.5) is 0 Å². The standard InChI is InChI=1S/C16H16O2S/c17-15(18)12-19-16(14-10-6-3-7-11-14)13-8-4-1-2-5-9-13/h1,3-11,16H,2,12H2,(H,17,18). The van der Waals surface area contributed by atoms with Gasteiger partial charge in [0.1, 0.15) is 0 Å². The summed E-state index contributed by atoms with van der Waals surface area (Å²) >= 11 is 1.45. The summed E-state index contributed by atoms with van der Waals surface area (Å²) in [5.41, 5.74) is 2.28. The van der Waals surface area contributed by atoms with Crippen LogP contribution in [0.2, 0.25) is 0 Å². The van der Waals surface area contributed by atoms with E-state index in [0.29, 0.717) is 0 Å². The number of carboxylic acid groups (broad SMARTS) is 1. The fourth-order valence-electron chi connectivity index (χ4n) is 1.94. The van der Waals surface area contributed by atoms with Crippen LogP contribution in [0.5, 0.6) is 0 Å². The smallest absolute Gasteiger partial charge is 0.313 e. The molecule has 0 fully saturated rings. The predicted octanol–water partition coefficient (Wildman–Crippen LogP) is 3.99. The molecule has 3 heteroatoms. The van der Waals surface area contributed by atoms with E-state index in [0.717, 1.165) is 17.6 Å². The van der Waals surface area contributed by atoms with Crippen LogP contribution in [0.3, 0.4) is 0 Å². The van der Waals surface area contributed by atoms with Crippen molar-refractivity contribution in [2.45, 2.75) is 11.7 Å². The topological polar surface area (TPSA) is 37.3 Å². The molecule has 1 aromatic carbocycles. The second-order valence-corrected chi connectivity index (χ2v) is 5.32. The highest BCUT2D eigenvalue weighted by atomic mass is 32.2. The van der Waals surface area contributed by atoms with Crippen LogP contribution in [0.25, 0.3) is 0 Å². The number of thioether (sulfide) groups is 1. The molecule has 0 aromatic heterocycles. The molecule has 0 saturated heterocycles. The van der Waals surface area contributed by atoms with Gasteiger partial charge in [0.2, 0.25) is 0 Å². The van der Waals surface area contributed by atoms with Gasteiger partial charge in [-0.15, -0.1) is 11.8 Å². The molecule has 1 atom stereocenters. The first kappa shape index (κ1) is 13.7. The fourth-order valence-corrected chi connectivity index (χ4v) is 2.95. The average Bonchev–Trinajstić information content (AvgIpc) is 2.69. The minimum atomic E-state index is -0.778. The highest BCUT2D eigenvalue weighted by molar-refractivity contribution is 8.00. The van der Waals surface area contributed by atoms with Gasteiger partial charge in [-0.05, 0) is 17.6 Å². The molecular formula is C16H16O2S. The minimum Gasteiger partial charge on any atom is -0.481 e. The lowest BCUT2D eigenvalue weighted by molar-refractivity contribution is -0.133. The van der Waals surface area contributed by atoms with Gasteiger partial charge in [0.15, 0.2) is 0 Å². The normalized spacial score (nSPS) is 15.7. The molecule has 19 heavy (non-hydrogen) atoms. The Morgan fingerprint density at radius 1 is 1.26 bits per heavy atom. The van der Waals surface area contributed by atoms with E-state index in [1.807, 2.05) is 36.4 Å². The van der Waals surface area contributed by atoms with Crippen molar-refractivity contribution in [3.8, 4) is 0 Å². The SMILES string of the molecule is O=C(O)CSC(C1=CC=CCC=C1)c1ccccc1. The number of allylic oxidation sites excluding steroid dienone is 5. The first-order chi connectivity index (χ1) is 9.27. The van der Waals surface area contributed by atoms with Crippen molar-refractivity contribution in [1.29, 1.82) is 0 Å². The lowest BCUT2D eigenvalue weighted by Crippen LogP contribution is -2.04. The molecule has 1 aliphatic rings. The zero-order valence-corrected chi connectivity index (χ0v) is 11.3. The number of hydrogen-bond donors (Lipinski definition) is 1. The number of carbonyl (C=O) groups is 1. The Labute approximate surface area is 117 Å². The molecule has 0 radical (unpaired) electrons. The summed E-state index contributed by atoms with van der Waals surface area (Å²) in [5.74, 6) is -0.672. The Balaban J connectivity index is 2.26. The maximum Gasteiger partial charge on any atom is 0.313 e. The van der Waals surface area contributed by atoms with E-state index in [9.17, 15) is 4.79 Å². The lowest BCUT2D eigenvalue weighted by atomic mass is 10.0. The molecular weight excluding hydrogens is 256 g/mol. The molecule has 2 rings (SSSR count). The molecule has 0 bridgehead atoms. The van der Waals surface area contributed by atoms with E-state index < -0.39 is 5.97 Å². The minimum absolute atomic E-state index is 0.0660. The number of carboxylic acids is 1. The Hall–Kier alpha value is -1.74. The van der Waals surface area contributed by atoms with Crippen molar-refractivity contribution in [2.24, 2.45) is 0 Å². The van der Waals surface area contributed by atoms with Gasteiger partial charge < -0.3 is 5.11 Å². The first-order valence-corrected chi connectivity index (χ1v) is 7.24. The van der Waals surface area contributed by atoms with Crippen LogP contribution < -0.4 is 0 Å². The predicted molar refractivity (Wildman–Crippen MR) is 80.3 cm³/mol. The van der Waals surface area contributed by atoms with E-state index in [1.165, 1.54) is 11.8 Å². The monoisotopic (exact) mass is 272 g/mol. The summed E-state index contributed by atoms with van der Waals surface area (Å²) in [7, 11) is 0. The molecule has 0 saturated carbocycles. The average molecular weight is 272 g/mol. The third-order valence-corrected chi connectivity index (χ3v) is 4.08. The van der Waals surface area contributed by atoms with Crippen LogP contribution in [0.15, 0.2) is 66.3 Å². The summed E-state index contributed by atoms with van der Waals surface area (Å²) in [6.45, 7) is 0. The van der Waals surface area contributed by atoms with Crippen molar-refractivity contribution < 1.29 is 9.90 Å². The third kappa shape index (κ3) is 4.14. The van der Waals surface area contributed by atoms with Crippen LogP contribution in [0, 0.1) is 0 Å². The Bertz CT molecular complexity index is 515. The molecule has 1 N–H and O–H groups in total. The molecule has 0 amide bonds. The van der Waals surface area contributed by atoms with E-state index in [-0.39, 0.29) is 11.0 Å². The number of hydrogen-bond acceptors (Lipinski definition) is 2. The van der Waals surface area contributed by atoms with Gasteiger partial charge in [0, 0.05) is 0 Å². The van der Waals surface area contributed by atoms with Gasteiger partial charge in [-0.3, -0.25) is 4.79 Å². The van der Waals surface area contributed by atoms with Crippen molar-refractivity contribution >= 4 is 17.7 Å². The Morgan fingerprint density at radius 2 is 2.05 bits per heavy atom. The fraction of sp³-hybridized carbons (Fsp3) is 0.188. The first-order valence-electron chi connectivity index (χ1n) is 6.19. The van der Waals surface area contributed by atoms with Gasteiger partial charge >= 0.3 is 5.97 Å². The molecule has 1 aliphatic carbocycles. The number of aliphatic carboxylic acids is 1. The summed E-state index contributed by atoms with van der Waals surface area (Å²) in [4.78, 5) is 10.8. The highest BCUT2D eigenvalue weighted by Gasteiger charge is 2.16. The Morgan fingerprint density at radius 3 is 2.79 bits per heavy atom. The summed E-state index contributed by atoms with van der Waals surface area (Å²) in [6.07, 6.45) is 11.3. The summed E-state index contributed by atoms with van der Waals surface area (Å²) in [6, 6.07) is 10.0. The van der Waals surface area contributed by atoms with Gasteiger partial charge in [-0.2, -0.15) is 0 Å². The largest absolute Gasteiger partial charge is 0.481 e. The molecule has 1 unspecified atom stereocenters. The van der Waals surface area contributed by atoms with Gasteiger partial charge in [-0.25, -0.2) is 0 Å². The van der Waals surface area contributed by atoms with E-state index in [1.54, 1.807) is 0 Å². The van der Waals surface area contributed by atoms with Crippen molar-refractivity contribution in [3.05, 3.63) is 71.8 Å². The second-order valence-electron chi connectivity index (χ2n) is 4.23. The summed E-state index contributed by atoms with van der Waals surface area (Å²) in [5, 5.41) is 8.96. The van der Waals surface area contributed by atoms with E-state index >= 15 is 0 Å².